The molecule has 0 aromatic carbocycles. The molecule has 0 aliphatic carbocycles. The summed E-state index contributed by atoms with van der Waals surface area (Å²) >= 11 is 0. The summed E-state index contributed by atoms with van der Waals surface area (Å²) in [6.45, 7) is 5.82. The Hall–Kier alpha value is -1.84. The number of nitrogens with zero attached hydrogens (tertiary/aromatic N) is 3. The molecule has 0 bridgehead atoms. The van der Waals surface area contributed by atoms with E-state index < -0.39 is 0 Å². The fourth-order valence-corrected chi connectivity index (χ4v) is 1.66. The normalized spacial score (nSPS) is 11.0. The number of aromatic nitrogens is 3. The fraction of sp³-hybridized carbons (Fsp3) is 0.333. The molecular weight excluding hydrogens is 202 g/mol. The van der Waals surface area contributed by atoms with Crippen molar-refractivity contribution in [3.05, 3.63) is 46.6 Å². The van der Waals surface area contributed by atoms with E-state index in [1.807, 2.05) is 45.3 Å². The lowest BCUT2D eigenvalue weighted by Crippen LogP contribution is -2.24. The van der Waals surface area contributed by atoms with Gasteiger partial charge in [0.1, 0.15) is 0 Å². The highest BCUT2D eigenvalue weighted by Crippen LogP contribution is 2.09. The molecule has 0 fully saturated rings. The Morgan fingerprint density at radius 2 is 2.12 bits per heavy atom. The predicted octanol–water partition coefficient (Wildman–Crippen LogP) is 1.92. The summed E-state index contributed by atoms with van der Waals surface area (Å²) in [6.07, 6.45) is 5.43. The first kappa shape index (κ1) is 10.7. The zero-order valence-corrected chi connectivity index (χ0v) is 9.71. The standard InChI is InChI=1S/C12H15N3O/c1-9(2)14-8-11(7-10(3)12(14)16)15-6-4-5-13-15/h4-9H,1-3H3. The highest BCUT2D eigenvalue weighted by Gasteiger charge is 2.07. The van der Waals surface area contributed by atoms with Crippen LogP contribution in [-0.4, -0.2) is 14.3 Å². The molecule has 0 N–H and O–H groups in total. The lowest BCUT2D eigenvalue weighted by atomic mass is 10.2. The minimum atomic E-state index is 0.0610. The minimum absolute atomic E-state index is 0.0610. The first-order valence-electron chi connectivity index (χ1n) is 5.32. The van der Waals surface area contributed by atoms with Crippen LogP contribution in [0, 0.1) is 6.92 Å². The molecule has 2 aromatic heterocycles. The van der Waals surface area contributed by atoms with Crippen molar-refractivity contribution in [1.82, 2.24) is 14.3 Å². The van der Waals surface area contributed by atoms with Crippen LogP contribution in [0.2, 0.25) is 0 Å². The van der Waals surface area contributed by atoms with Crippen LogP contribution in [0.25, 0.3) is 5.69 Å². The number of hydrogen-bond donors (Lipinski definition) is 0. The van der Waals surface area contributed by atoms with Gasteiger partial charge >= 0.3 is 0 Å². The second kappa shape index (κ2) is 3.96. The van der Waals surface area contributed by atoms with Gasteiger partial charge in [-0.05, 0) is 32.9 Å². The Labute approximate surface area is 94.1 Å². The Kier molecular flexibility index (Phi) is 2.64. The molecule has 2 aromatic rings. The molecule has 2 heterocycles. The van der Waals surface area contributed by atoms with E-state index in [1.54, 1.807) is 15.4 Å². The quantitative estimate of drug-likeness (QED) is 0.771. The third-order valence-corrected chi connectivity index (χ3v) is 2.53. The lowest BCUT2D eigenvalue weighted by molar-refractivity contribution is 0.572. The summed E-state index contributed by atoms with van der Waals surface area (Å²) in [4.78, 5) is 11.9. The zero-order chi connectivity index (χ0) is 11.7. The molecule has 16 heavy (non-hydrogen) atoms. The van der Waals surface area contributed by atoms with Gasteiger partial charge in [-0.2, -0.15) is 5.10 Å². The molecule has 0 aliphatic heterocycles. The number of pyridine rings is 1. The maximum atomic E-state index is 11.9. The molecule has 0 amide bonds. The number of hydrogen-bond acceptors (Lipinski definition) is 2. The van der Waals surface area contributed by atoms with E-state index in [2.05, 4.69) is 5.10 Å². The summed E-state index contributed by atoms with van der Waals surface area (Å²) in [7, 11) is 0. The van der Waals surface area contributed by atoms with Gasteiger partial charge in [0.2, 0.25) is 0 Å². The molecule has 0 saturated heterocycles. The molecule has 0 radical (unpaired) electrons. The maximum Gasteiger partial charge on any atom is 0.253 e. The second-order valence-electron chi connectivity index (χ2n) is 4.14. The van der Waals surface area contributed by atoms with Crippen LogP contribution in [0.1, 0.15) is 25.5 Å². The van der Waals surface area contributed by atoms with Gasteiger partial charge in [0.15, 0.2) is 0 Å². The Morgan fingerprint density at radius 3 is 2.69 bits per heavy atom. The van der Waals surface area contributed by atoms with Gasteiger partial charge in [-0.3, -0.25) is 4.79 Å². The van der Waals surface area contributed by atoms with Crippen molar-refractivity contribution < 1.29 is 0 Å². The summed E-state index contributed by atoms with van der Waals surface area (Å²) in [5.41, 5.74) is 1.71. The molecule has 0 saturated carbocycles. The first-order chi connectivity index (χ1) is 7.59. The zero-order valence-electron chi connectivity index (χ0n) is 9.71. The summed E-state index contributed by atoms with van der Waals surface area (Å²) in [5.74, 6) is 0. The smallest absolute Gasteiger partial charge is 0.253 e. The molecule has 0 unspecified atom stereocenters. The Balaban J connectivity index is 2.62. The van der Waals surface area contributed by atoms with Crippen molar-refractivity contribution in [2.75, 3.05) is 0 Å². The highest BCUT2D eigenvalue weighted by atomic mass is 16.1. The molecular formula is C12H15N3O. The molecule has 2 rings (SSSR count). The Bertz CT molecular complexity index is 538. The van der Waals surface area contributed by atoms with Gasteiger partial charge in [0, 0.05) is 30.2 Å². The summed E-state index contributed by atoms with van der Waals surface area (Å²) in [6, 6.07) is 3.87. The van der Waals surface area contributed by atoms with Crippen molar-refractivity contribution in [3.8, 4) is 5.69 Å². The fourth-order valence-electron chi connectivity index (χ4n) is 1.66. The van der Waals surface area contributed by atoms with Crippen molar-refractivity contribution in [1.29, 1.82) is 0 Å². The molecule has 84 valence electrons. The third kappa shape index (κ3) is 1.78. The summed E-state index contributed by atoms with van der Waals surface area (Å²) in [5, 5.41) is 4.16. The largest absolute Gasteiger partial charge is 0.311 e. The van der Waals surface area contributed by atoms with Crippen LogP contribution < -0.4 is 5.56 Å². The van der Waals surface area contributed by atoms with E-state index in [0.29, 0.717) is 0 Å². The van der Waals surface area contributed by atoms with Crippen LogP contribution >= 0.6 is 0 Å². The van der Waals surface area contributed by atoms with Crippen LogP contribution in [-0.2, 0) is 0 Å². The minimum Gasteiger partial charge on any atom is -0.311 e. The van der Waals surface area contributed by atoms with E-state index in [9.17, 15) is 4.79 Å². The second-order valence-corrected chi connectivity index (χ2v) is 4.14. The van der Waals surface area contributed by atoms with Gasteiger partial charge in [0.25, 0.3) is 5.56 Å². The van der Waals surface area contributed by atoms with E-state index in [4.69, 9.17) is 0 Å². The third-order valence-electron chi connectivity index (χ3n) is 2.53. The number of rotatable bonds is 2. The van der Waals surface area contributed by atoms with E-state index >= 15 is 0 Å². The molecule has 0 atom stereocenters. The predicted molar refractivity (Wildman–Crippen MR) is 62.9 cm³/mol. The van der Waals surface area contributed by atoms with E-state index in [0.717, 1.165) is 11.3 Å². The first-order valence-corrected chi connectivity index (χ1v) is 5.32. The van der Waals surface area contributed by atoms with E-state index in [1.165, 1.54) is 0 Å². The maximum absolute atomic E-state index is 11.9. The van der Waals surface area contributed by atoms with Crippen molar-refractivity contribution >= 4 is 0 Å². The van der Waals surface area contributed by atoms with Gasteiger partial charge < -0.3 is 4.57 Å². The van der Waals surface area contributed by atoms with Gasteiger partial charge in [-0.15, -0.1) is 0 Å². The van der Waals surface area contributed by atoms with Crippen molar-refractivity contribution in [2.24, 2.45) is 0 Å². The van der Waals surface area contributed by atoms with Crippen LogP contribution in [0.3, 0.4) is 0 Å². The average Bonchev–Trinajstić information content (AvgIpc) is 2.74. The monoisotopic (exact) mass is 217 g/mol. The molecule has 4 heteroatoms. The highest BCUT2D eigenvalue weighted by molar-refractivity contribution is 5.31. The van der Waals surface area contributed by atoms with E-state index in [-0.39, 0.29) is 11.6 Å². The summed E-state index contributed by atoms with van der Waals surface area (Å²) < 4.78 is 3.48. The number of aryl methyl sites for hydroxylation is 1. The van der Waals surface area contributed by atoms with Crippen molar-refractivity contribution in [2.45, 2.75) is 26.8 Å². The van der Waals surface area contributed by atoms with Crippen molar-refractivity contribution in [3.63, 3.8) is 0 Å². The van der Waals surface area contributed by atoms with Crippen LogP contribution in [0.15, 0.2) is 35.5 Å². The van der Waals surface area contributed by atoms with Gasteiger partial charge in [0.05, 0.1) is 5.69 Å². The molecule has 4 nitrogen and oxygen atoms in total. The lowest BCUT2D eigenvalue weighted by Gasteiger charge is -2.13. The SMILES string of the molecule is Cc1cc(-n2cccn2)cn(C(C)C)c1=O. The van der Waals surface area contributed by atoms with Gasteiger partial charge in [-0.1, -0.05) is 0 Å². The van der Waals surface area contributed by atoms with Crippen LogP contribution in [0.4, 0.5) is 0 Å². The molecule has 0 spiro atoms. The average molecular weight is 217 g/mol. The topological polar surface area (TPSA) is 39.8 Å². The van der Waals surface area contributed by atoms with Crippen LogP contribution in [0.5, 0.6) is 0 Å². The van der Waals surface area contributed by atoms with Gasteiger partial charge in [-0.25, -0.2) is 4.68 Å². The Morgan fingerprint density at radius 1 is 1.38 bits per heavy atom. The molecule has 0 aliphatic rings.